The van der Waals surface area contributed by atoms with E-state index in [0.717, 1.165) is 18.4 Å². The molecule has 0 aliphatic heterocycles. The van der Waals surface area contributed by atoms with Gasteiger partial charge in [0, 0.05) is 6.07 Å². The summed E-state index contributed by atoms with van der Waals surface area (Å²) in [6.07, 6.45) is 8.31. The van der Waals surface area contributed by atoms with E-state index in [9.17, 15) is 15.0 Å². The highest BCUT2D eigenvalue weighted by atomic mass is 16.3. The third kappa shape index (κ3) is 4.96. The van der Waals surface area contributed by atoms with Crippen molar-refractivity contribution in [1.82, 2.24) is 0 Å². The van der Waals surface area contributed by atoms with Crippen LogP contribution in [0.3, 0.4) is 0 Å². The maximum atomic E-state index is 12.9. The largest absolute Gasteiger partial charge is 0.508 e. The molecule has 0 bridgehead atoms. The molecule has 0 saturated carbocycles. The molecule has 3 rings (SSSR count). The molecule has 0 fully saturated rings. The van der Waals surface area contributed by atoms with Gasteiger partial charge in [0.15, 0.2) is 5.43 Å². The van der Waals surface area contributed by atoms with Crippen molar-refractivity contribution in [3.05, 3.63) is 81.7 Å². The number of aromatic hydroxyl groups is 2. The summed E-state index contributed by atoms with van der Waals surface area (Å²) in [6.45, 7) is 6.27. The lowest BCUT2D eigenvalue weighted by Crippen LogP contribution is -2.04. The zero-order chi connectivity index (χ0) is 21.0. The van der Waals surface area contributed by atoms with Gasteiger partial charge < -0.3 is 14.6 Å². The summed E-state index contributed by atoms with van der Waals surface area (Å²) in [5.74, 6) is 0.254. The first-order valence-corrected chi connectivity index (χ1v) is 9.71. The Morgan fingerprint density at radius 2 is 1.83 bits per heavy atom. The number of phenolic OH excluding ortho intramolecular Hbond substituents is 2. The Balaban J connectivity index is 1.88. The van der Waals surface area contributed by atoms with Crippen molar-refractivity contribution in [2.45, 2.75) is 40.0 Å². The highest BCUT2D eigenvalue weighted by molar-refractivity contribution is 5.82. The molecule has 150 valence electrons. The molecule has 4 heteroatoms. The van der Waals surface area contributed by atoms with E-state index in [4.69, 9.17) is 4.42 Å². The van der Waals surface area contributed by atoms with Gasteiger partial charge in [-0.3, -0.25) is 4.79 Å². The number of fused-ring (bicyclic) bond motifs is 1. The number of hydrogen-bond donors (Lipinski definition) is 2. The predicted octanol–water partition coefficient (Wildman–Crippen LogP) is 6.11. The first-order chi connectivity index (χ1) is 13.8. The van der Waals surface area contributed by atoms with Crippen LogP contribution in [0.5, 0.6) is 11.5 Å². The average molecular weight is 390 g/mol. The van der Waals surface area contributed by atoms with Crippen LogP contribution in [0.2, 0.25) is 0 Å². The smallest absolute Gasteiger partial charge is 0.200 e. The predicted molar refractivity (Wildman–Crippen MR) is 117 cm³/mol. The van der Waals surface area contributed by atoms with Gasteiger partial charge in [-0.25, -0.2) is 0 Å². The molecule has 2 aromatic carbocycles. The summed E-state index contributed by atoms with van der Waals surface area (Å²) in [5, 5.41) is 20.2. The van der Waals surface area contributed by atoms with Crippen molar-refractivity contribution >= 4 is 11.0 Å². The number of allylic oxidation sites excluding steroid dienone is 4. The molecular formula is C25H26O4. The topological polar surface area (TPSA) is 70.7 Å². The lowest BCUT2D eigenvalue weighted by atomic mass is 9.99. The van der Waals surface area contributed by atoms with Crippen LogP contribution in [0.15, 0.2) is 75.2 Å². The van der Waals surface area contributed by atoms with Crippen LogP contribution in [0.1, 0.15) is 39.2 Å². The van der Waals surface area contributed by atoms with E-state index in [1.807, 2.05) is 6.07 Å². The van der Waals surface area contributed by atoms with Crippen molar-refractivity contribution < 1.29 is 14.6 Å². The Bertz CT molecular complexity index is 1150. The van der Waals surface area contributed by atoms with Crippen LogP contribution in [0, 0.1) is 0 Å². The van der Waals surface area contributed by atoms with Gasteiger partial charge in [0.25, 0.3) is 0 Å². The standard InChI is InChI=1S/C25H26O4/c1-16(2)5-4-6-17(3)7-8-19-13-18(9-12-23(19)27)22-15-29-24-14-20(26)10-11-21(24)25(22)28/h5,7,9-15,26-27H,4,6,8H2,1-3H3/b17-7+. The first-order valence-electron chi connectivity index (χ1n) is 9.71. The van der Waals surface area contributed by atoms with Gasteiger partial charge in [-0.05, 0) is 75.4 Å². The van der Waals surface area contributed by atoms with Gasteiger partial charge in [0.2, 0.25) is 0 Å². The molecule has 0 spiro atoms. The third-order valence-electron chi connectivity index (χ3n) is 4.91. The molecule has 0 amide bonds. The van der Waals surface area contributed by atoms with E-state index in [0.29, 0.717) is 28.5 Å². The second-order valence-electron chi connectivity index (χ2n) is 7.58. The fourth-order valence-corrected chi connectivity index (χ4v) is 3.21. The molecule has 29 heavy (non-hydrogen) atoms. The molecule has 0 unspecified atom stereocenters. The Hall–Kier alpha value is -3.27. The van der Waals surface area contributed by atoms with Crippen molar-refractivity contribution in [3.8, 4) is 22.6 Å². The van der Waals surface area contributed by atoms with Crippen molar-refractivity contribution in [2.75, 3.05) is 0 Å². The van der Waals surface area contributed by atoms with Crippen LogP contribution in [-0.4, -0.2) is 10.2 Å². The molecule has 4 nitrogen and oxygen atoms in total. The minimum Gasteiger partial charge on any atom is -0.508 e. The lowest BCUT2D eigenvalue weighted by Gasteiger charge is -2.08. The number of phenols is 2. The van der Waals surface area contributed by atoms with E-state index in [2.05, 4.69) is 32.9 Å². The van der Waals surface area contributed by atoms with E-state index >= 15 is 0 Å². The van der Waals surface area contributed by atoms with Gasteiger partial charge in [-0.15, -0.1) is 0 Å². The van der Waals surface area contributed by atoms with Crippen LogP contribution in [-0.2, 0) is 6.42 Å². The number of benzene rings is 2. The highest BCUT2D eigenvalue weighted by Gasteiger charge is 2.11. The minimum atomic E-state index is -0.170. The van der Waals surface area contributed by atoms with Crippen LogP contribution < -0.4 is 5.43 Å². The summed E-state index contributed by atoms with van der Waals surface area (Å²) >= 11 is 0. The highest BCUT2D eigenvalue weighted by Crippen LogP contribution is 2.27. The van der Waals surface area contributed by atoms with Crippen molar-refractivity contribution in [1.29, 1.82) is 0 Å². The molecule has 2 N–H and O–H groups in total. The second kappa shape index (κ2) is 8.82. The summed E-state index contributed by atoms with van der Waals surface area (Å²) < 4.78 is 5.55. The second-order valence-corrected chi connectivity index (χ2v) is 7.58. The maximum Gasteiger partial charge on any atom is 0.200 e. The molecule has 0 aliphatic rings. The summed E-state index contributed by atoms with van der Waals surface area (Å²) in [6, 6.07) is 9.59. The average Bonchev–Trinajstić information content (AvgIpc) is 2.67. The fourth-order valence-electron chi connectivity index (χ4n) is 3.21. The van der Waals surface area contributed by atoms with Gasteiger partial charge >= 0.3 is 0 Å². The number of hydrogen-bond acceptors (Lipinski definition) is 4. The maximum absolute atomic E-state index is 12.9. The summed E-state index contributed by atoms with van der Waals surface area (Å²) in [5.41, 5.74) is 4.62. The Morgan fingerprint density at radius 1 is 1.03 bits per heavy atom. The number of rotatable bonds is 6. The zero-order valence-electron chi connectivity index (χ0n) is 17.0. The minimum absolute atomic E-state index is 0.0482. The fraction of sp³-hybridized carbons (Fsp3) is 0.240. The van der Waals surface area contributed by atoms with Gasteiger partial charge in [-0.2, -0.15) is 0 Å². The Morgan fingerprint density at radius 3 is 2.59 bits per heavy atom. The van der Waals surface area contributed by atoms with E-state index in [1.54, 1.807) is 18.2 Å². The first kappa shape index (κ1) is 20.5. The SMILES string of the molecule is CC(C)=CCC/C(C)=C/Cc1cc(-c2coc3cc(O)ccc3c2=O)ccc1O. The normalized spacial score (nSPS) is 11.6. The van der Waals surface area contributed by atoms with E-state index in [-0.39, 0.29) is 16.9 Å². The quantitative estimate of drug-likeness (QED) is 0.498. The van der Waals surface area contributed by atoms with Gasteiger partial charge in [0.05, 0.1) is 10.9 Å². The summed E-state index contributed by atoms with van der Waals surface area (Å²) in [4.78, 5) is 12.9. The Labute approximate surface area is 170 Å². The molecule has 1 heterocycles. The van der Waals surface area contributed by atoms with Crippen LogP contribution >= 0.6 is 0 Å². The van der Waals surface area contributed by atoms with Gasteiger partial charge in [0.1, 0.15) is 23.3 Å². The molecule has 1 aromatic heterocycles. The monoisotopic (exact) mass is 390 g/mol. The molecule has 0 atom stereocenters. The van der Waals surface area contributed by atoms with E-state index < -0.39 is 0 Å². The van der Waals surface area contributed by atoms with Crippen LogP contribution in [0.25, 0.3) is 22.1 Å². The molecular weight excluding hydrogens is 364 g/mol. The molecule has 0 aliphatic carbocycles. The molecule has 3 aromatic rings. The van der Waals surface area contributed by atoms with Gasteiger partial charge in [-0.1, -0.05) is 29.4 Å². The van der Waals surface area contributed by atoms with Crippen molar-refractivity contribution in [3.63, 3.8) is 0 Å². The molecule has 0 radical (unpaired) electrons. The zero-order valence-corrected chi connectivity index (χ0v) is 17.0. The molecule has 0 saturated heterocycles. The Kier molecular flexibility index (Phi) is 6.23. The van der Waals surface area contributed by atoms with Crippen LogP contribution in [0.4, 0.5) is 0 Å². The third-order valence-corrected chi connectivity index (χ3v) is 4.91. The lowest BCUT2D eigenvalue weighted by molar-refractivity contribution is 0.469. The van der Waals surface area contributed by atoms with Crippen molar-refractivity contribution in [2.24, 2.45) is 0 Å². The summed E-state index contributed by atoms with van der Waals surface area (Å²) in [7, 11) is 0. The van der Waals surface area contributed by atoms with E-state index in [1.165, 1.54) is 29.5 Å².